The average Bonchev–Trinajstić information content (AvgIpc) is 2.79. The first-order valence-electron chi connectivity index (χ1n) is 5.81. The van der Waals surface area contributed by atoms with Crippen molar-refractivity contribution in [2.24, 2.45) is 5.73 Å². The fraction of sp³-hybridized carbons (Fsp3) is 0.214. The first-order valence-corrected chi connectivity index (χ1v) is 5.81. The van der Waals surface area contributed by atoms with E-state index < -0.39 is 0 Å². The number of rotatable bonds is 5. The van der Waals surface area contributed by atoms with E-state index in [1.807, 2.05) is 35.3 Å². The summed E-state index contributed by atoms with van der Waals surface area (Å²) in [6, 6.07) is 10.3. The molecule has 0 radical (unpaired) electrons. The zero-order chi connectivity index (χ0) is 11.9. The van der Waals surface area contributed by atoms with E-state index in [-0.39, 0.29) is 0 Å². The Bertz CT molecular complexity index is 471. The molecule has 0 aliphatic rings. The van der Waals surface area contributed by atoms with Crippen LogP contribution < -0.4 is 5.73 Å². The third-order valence-corrected chi connectivity index (χ3v) is 2.52. The highest BCUT2D eigenvalue weighted by Gasteiger charge is 1.95. The quantitative estimate of drug-likeness (QED) is 0.850. The minimum atomic E-state index is 0.672. The third kappa shape index (κ3) is 3.57. The monoisotopic (exact) mass is 227 g/mol. The maximum absolute atomic E-state index is 5.49. The number of nitrogens with zero attached hydrogens (tertiary/aromatic N) is 2. The maximum atomic E-state index is 5.49. The smallest absolute Gasteiger partial charge is 0.0593 e. The number of nitrogens with two attached hydrogens (primary N) is 1. The van der Waals surface area contributed by atoms with E-state index >= 15 is 0 Å². The predicted octanol–water partition coefficient (Wildman–Crippen LogP) is 2.10. The fourth-order valence-electron chi connectivity index (χ4n) is 1.66. The third-order valence-electron chi connectivity index (χ3n) is 2.52. The molecule has 0 aliphatic carbocycles. The lowest BCUT2D eigenvalue weighted by molar-refractivity contribution is 0.702. The first kappa shape index (κ1) is 11.6. The molecule has 0 fully saturated rings. The highest BCUT2D eigenvalue weighted by Crippen LogP contribution is 2.02. The Morgan fingerprint density at radius 2 is 2.06 bits per heavy atom. The molecule has 0 saturated carbocycles. The van der Waals surface area contributed by atoms with E-state index in [1.165, 1.54) is 11.1 Å². The van der Waals surface area contributed by atoms with Gasteiger partial charge >= 0.3 is 0 Å². The number of allylic oxidation sites excluding steroid dienone is 1. The molecule has 0 bridgehead atoms. The SMILES string of the molecule is NCCc1cnn(C/C=C/c2ccccc2)c1. The molecule has 3 nitrogen and oxygen atoms in total. The van der Waals surface area contributed by atoms with Crippen molar-refractivity contribution in [1.29, 1.82) is 0 Å². The van der Waals surface area contributed by atoms with Gasteiger partial charge in [0.2, 0.25) is 0 Å². The van der Waals surface area contributed by atoms with Crippen LogP contribution in [0, 0.1) is 0 Å². The Morgan fingerprint density at radius 3 is 2.82 bits per heavy atom. The molecular weight excluding hydrogens is 210 g/mol. The second-order valence-corrected chi connectivity index (χ2v) is 3.92. The Morgan fingerprint density at radius 1 is 1.24 bits per heavy atom. The highest BCUT2D eigenvalue weighted by atomic mass is 15.3. The summed E-state index contributed by atoms with van der Waals surface area (Å²) in [6.45, 7) is 1.46. The summed E-state index contributed by atoms with van der Waals surface area (Å²) in [4.78, 5) is 0. The fourth-order valence-corrected chi connectivity index (χ4v) is 1.66. The summed E-state index contributed by atoms with van der Waals surface area (Å²) >= 11 is 0. The molecule has 0 atom stereocenters. The Kier molecular flexibility index (Phi) is 4.11. The van der Waals surface area contributed by atoms with Crippen LogP contribution in [0.15, 0.2) is 48.8 Å². The lowest BCUT2D eigenvalue weighted by Crippen LogP contribution is -2.01. The molecule has 3 heteroatoms. The van der Waals surface area contributed by atoms with Gasteiger partial charge in [0, 0.05) is 6.20 Å². The van der Waals surface area contributed by atoms with Gasteiger partial charge in [0.05, 0.1) is 12.7 Å². The minimum Gasteiger partial charge on any atom is -0.330 e. The molecule has 0 unspecified atom stereocenters. The van der Waals surface area contributed by atoms with Crippen LogP contribution >= 0.6 is 0 Å². The van der Waals surface area contributed by atoms with Crippen LogP contribution in [0.5, 0.6) is 0 Å². The van der Waals surface area contributed by atoms with Crippen molar-refractivity contribution in [3.8, 4) is 0 Å². The lowest BCUT2D eigenvalue weighted by Gasteiger charge is -1.95. The number of aromatic nitrogens is 2. The maximum Gasteiger partial charge on any atom is 0.0593 e. The van der Waals surface area contributed by atoms with Crippen molar-refractivity contribution in [3.63, 3.8) is 0 Å². The summed E-state index contributed by atoms with van der Waals surface area (Å²) in [6.07, 6.45) is 9.02. The molecule has 2 rings (SSSR count). The van der Waals surface area contributed by atoms with Crippen LogP contribution in [0.4, 0.5) is 0 Å². The second-order valence-electron chi connectivity index (χ2n) is 3.92. The molecule has 1 aromatic heterocycles. The zero-order valence-corrected chi connectivity index (χ0v) is 9.79. The molecular formula is C14H17N3. The number of hydrogen-bond donors (Lipinski definition) is 1. The van der Waals surface area contributed by atoms with Gasteiger partial charge in [-0.15, -0.1) is 0 Å². The van der Waals surface area contributed by atoms with Crippen LogP contribution in [0.25, 0.3) is 6.08 Å². The summed E-state index contributed by atoms with van der Waals surface area (Å²) in [5.74, 6) is 0. The van der Waals surface area contributed by atoms with Gasteiger partial charge in [0.1, 0.15) is 0 Å². The molecule has 1 aromatic carbocycles. The first-order chi connectivity index (χ1) is 8.38. The van der Waals surface area contributed by atoms with Crippen molar-refractivity contribution in [3.05, 3.63) is 59.9 Å². The molecule has 0 amide bonds. The Balaban J connectivity index is 1.91. The summed E-state index contributed by atoms with van der Waals surface area (Å²) in [5, 5.41) is 4.28. The van der Waals surface area contributed by atoms with Crippen molar-refractivity contribution in [2.75, 3.05) is 6.54 Å². The summed E-state index contributed by atoms with van der Waals surface area (Å²) in [5.41, 5.74) is 7.90. The summed E-state index contributed by atoms with van der Waals surface area (Å²) < 4.78 is 1.92. The Labute approximate surface area is 102 Å². The zero-order valence-electron chi connectivity index (χ0n) is 9.79. The van der Waals surface area contributed by atoms with E-state index in [9.17, 15) is 0 Å². The van der Waals surface area contributed by atoms with Gasteiger partial charge in [0.15, 0.2) is 0 Å². The van der Waals surface area contributed by atoms with E-state index in [1.54, 1.807) is 0 Å². The molecule has 2 N–H and O–H groups in total. The van der Waals surface area contributed by atoms with Gasteiger partial charge in [-0.3, -0.25) is 4.68 Å². The van der Waals surface area contributed by atoms with Gasteiger partial charge in [-0.25, -0.2) is 0 Å². The summed E-state index contributed by atoms with van der Waals surface area (Å²) in [7, 11) is 0. The van der Waals surface area contributed by atoms with Crippen LogP contribution in [-0.2, 0) is 13.0 Å². The van der Waals surface area contributed by atoms with Crippen molar-refractivity contribution >= 4 is 6.08 Å². The van der Waals surface area contributed by atoms with E-state index in [0.29, 0.717) is 6.54 Å². The molecule has 2 aromatic rings. The van der Waals surface area contributed by atoms with Crippen LogP contribution in [0.1, 0.15) is 11.1 Å². The molecule has 0 spiro atoms. The number of hydrogen-bond acceptors (Lipinski definition) is 2. The van der Waals surface area contributed by atoms with Crippen LogP contribution in [-0.4, -0.2) is 16.3 Å². The van der Waals surface area contributed by atoms with Gasteiger partial charge < -0.3 is 5.73 Å². The van der Waals surface area contributed by atoms with E-state index in [0.717, 1.165) is 13.0 Å². The topological polar surface area (TPSA) is 43.8 Å². The van der Waals surface area contributed by atoms with E-state index in [2.05, 4.69) is 29.4 Å². The van der Waals surface area contributed by atoms with Crippen molar-refractivity contribution in [2.45, 2.75) is 13.0 Å². The standard InChI is InChI=1S/C14H17N3/c15-9-8-14-11-16-17(12-14)10-4-7-13-5-2-1-3-6-13/h1-7,11-12H,8-10,15H2/b7-4+. The second kappa shape index (κ2) is 6.01. The largest absolute Gasteiger partial charge is 0.330 e. The van der Waals surface area contributed by atoms with Gasteiger partial charge in [-0.1, -0.05) is 42.5 Å². The van der Waals surface area contributed by atoms with Gasteiger partial charge in [-0.05, 0) is 24.1 Å². The average molecular weight is 227 g/mol. The van der Waals surface area contributed by atoms with E-state index in [4.69, 9.17) is 5.73 Å². The minimum absolute atomic E-state index is 0.672. The molecule has 17 heavy (non-hydrogen) atoms. The lowest BCUT2D eigenvalue weighted by atomic mass is 10.2. The van der Waals surface area contributed by atoms with Gasteiger partial charge in [0.25, 0.3) is 0 Å². The van der Waals surface area contributed by atoms with Crippen LogP contribution in [0.3, 0.4) is 0 Å². The number of benzene rings is 1. The predicted molar refractivity (Wildman–Crippen MR) is 70.5 cm³/mol. The molecule has 1 heterocycles. The van der Waals surface area contributed by atoms with Gasteiger partial charge in [-0.2, -0.15) is 5.10 Å². The molecule has 0 saturated heterocycles. The molecule has 0 aliphatic heterocycles. The highest BCUT2D eigenvalue weighted by molar-refractivity contribution is 5.48. The normalized spacial score (nSPS) is 11.1. The Hall–Kier alpha value is -1.87. The van der Waals surface area contributed by atoms with Crippen molar-refractivity contribution < 1.29 is 0 Å². The van der Waals surface area contributed by atoms with Crippen LogP contribution in [0.2, 0.25) is 0 Å². The van der Waals surface area contributed by atoms with Crippen molar-refractivity contribution in [1.82, 2.24) is 9.78 Å². The molecule has 88 valence electrons.